The minimum atomic E-state index is -1.48. The number of hydrogen-bond acceptors (Lipinski definition) is 20. The van der Waals surface area contributed by atoms with E-state index in [1.807, 2.05) is 48.5 Å². The Balaban J connectivity index is 1.17. The van der Waals surface area contributed by atoms with Crippen molar-refractivity contribution in [3.63, 3.8) is 0 Å². The third-order valence-electron chi connectivity index (χ3n) is 14.9. The SMILES string of the molecule is CN(CC(=O)O)C(=O)CN(C)C(=O)CN(C)C(=O)CN(C)C(=O)CN(C)C(=O)CN(C)C(=O)CN(C)C(=O)CN(C)C(=O)CN(C)C(=O)CN(C)C(=O)[C@H](CCC(=O)ON1C(=O)CCC1=O)NC(=O)COCCOCCNC(=O)OCC1c2ccccc2-c2ccccc21. The molecule has 2 aliphatic rings. The zero-order chi connectivity index (χ0) is 70.1. The number of nitrogens with zero attached hydrogens (tertiary/aromatic N) is 11. The molecule has 1 fully saturated rings. The van der Waals surface area contributed by atoms with Crippen molar-refractivity contribution in [1.29, 1.82) is 0 Å². The molecule has 4 rings (SSSR count). The fourth-order valence-corrected chi connectivity index (χ4v) is 9.07. The molecule has 1 aliphatic heterocycles. The second kappa shape index (κ2) is 36.8. The molecule has 14 amide bonds. The third-order valence-corrected chi connectivity index (χ3v) is 14.9. The molecule has 34 heteroatoms. The first kappa shape index (κ1) is 76.3. The van der Waals surface area contributed by atoms with E-state index in [1.54, 1.807) is 0 Å². The van der Waals surface area contributed by atoms with E-state index in [2.05, 4.69) is 10.6 Å². The standard InChI is InChI=1S/C60H83N13O21/c1-63(28-49(78)65(3)30-51(80)67(5)32-53(82)69(7)34-55(84)71(9)36-57(86)87)48(77)27-64(2)50(79)29-66(4)52(81)31-68(6)54(83)33-70(8)56(85)35-72(10)59(89)44(19-22-58(88)94-73-46(75)20-21-47(73)76)62-45(74)38-92-26-25-91-24-23-61-60(90)93-37-43-41-17-13-11-15-39(41)40-16-12-14-18-42(40)43/h11-18,43-44H,19-38H2,1-10H3,(H,61,90)(H,62,74)(H,86,87)/t44-/m0/s1. The van der Waals surface area contributed by atoms with Gasteiger partial charge in [0.2, 0.25) is 65.0 Å². The van der Waals surface area contributed by atoms with Crippen molar-refractivity contribution < 1.29 is 101 Å². The molecule has 0 bridgehead atoms. The maximum absolute atomic E-state index is 13.8. The molecule has 3 N–H and O–H groups in total. The summed E-state index contributed by atoms with van der Waals surface area (Å²) < 4.78 is 16.4. The van der Waals surface area contributed by atoms with Crippen LogP contribution >= 0.6 is 0 Å². The number of carboxylic acids is 1. The van der Waals surface area contributed by atoms with E-state index >= 15 is 0 Å². The number of carbonyl (C=O) groups excluding carboxylic acids is 15. The zero-order valence-corrected chi connectivity index (χ0v) is 54.4. The molecule has 0 radical (unpaired) electrons. The lowest BCUT2D eigenvalue weighted by molar-refractivity contribution is -0.197. The number of hydroxylamine groups is 2. The summed E-state index contributed by atoms with van der Waals surface area (Å²) in [6, 6.07) is 14.4. The van der Waals surface area contributed by atoms with Gasteiger partial charge in [0.1, 0.15) is 25.8 Å². The first-order valence-corrected chi connectivity index (χ1v) is 29.5. The van der Waals surface area contributed by atoms with Gasteiger partial charge in [0.05, 0.1) is 85.1 Å². The van der Waals surface area contributed by atoms with E-state index in [0.717, 1.165) is 71.3 Å². The summed E-state index contributed by atoms with van der Waals surface area (Å²) >= 11 is 0. The second-order valence-corrected chi connectivity index (χ2v) is 22.5. The van der Waals surface area contributed by atoms with Gasteiger partial charge in [0.15, 0.2) is 0 Å². The van der Waals surface area contributed by atoms with Crippen molar-refractivity contribution in [2.24, 2.45) is 0 Å². The summed E-state index contributed by atoms with van der Waals surface area (Å²) in [7, 11) is 12.7. The van der Waals surface area contributed by atoms with Gasteiger partial charge in [-0.3, -0.25) is 67.1 Å². The third kappa shape index (κ3) is 23.8. The van der Waals surface area contributed by atoms with Gasteiger partial charge < -0.3 is 83.8 Å². The van der Waals surface area contributed by atoms with Gasteiger partial charge in [-0.15, -0.1) is 5.06 Å². The first-order chi connectivity index (χ1) is 44.3. The van der Waals surface area contributed by atoms with Crippen LogP contribution in [0.1, 0.15) is 42.7 Å². The number of amides is 14. The number of imide groups is 1. The topological polar surface area (TPSA) is 390 Å². The van der Waals surface area contributed by atoms with Crippen molar-refractivity contribution >= 4 is 94.8 Å². The quantitative estimate of drug-likeness (QED) is 0.0434. The maximum atomic E-state index is 13.8. The maximum Gasteiger partial charge on any atom is 0.407 e. The molecule has 2 aromatic rings. The van der Waals surface area contributed by atoms with Gasteiger partial charge in [-0.25, -0.2) is 9.59 Å². The summed E-state index contributed by atoms with van der Waals surface area (Å²) in [4.78, 5) is 218. The number of likely N-dealkylation sites (N-methyl/N-ethyl adjacent to an activating group) is 10. The largest absolute Gasteiger partial charge is 0.480 e. The van der Waals surface area contributed by atoms with Crippen molar-refractivity contribution in [3.8, 4) is 11.1 Å². The summed E-state index contributed by atoms with van der Waals surface area (Å²) in [5, 5.41) is 14.3. The minimum absolute atomic E-state index is 0.000304. The summed E-state index contributed by atoms with van der Waals surface area (Å²) in [5.74, 6) is -11.8. The molecule has 0 spiro atoms. The number of carbonyl (C=O) groups is 16. The fourth-order valence-electron chi connectivity index (χ4n) is 9.07. The van der Waals surface area contributed by atoms with Gasteiger partial charge >= 0.3 is 18.0 Å². The molecule has 1 saturated heterocycles. The molecule has 2 aromatic carbocycles. The van der Waals surface area contributed by atoms with E-state index < -0.39 is 186 Å². The van der Waals surface area contributed by atoms with Crippen LogP contribution in [0.25, 0.3) is 11.1 Å². The van der Waals surface area contributed by atoms with Gasteiger partial charge in [-0.05, 0) is 28.7 Å². The Hall–Kier alpha value is -10.1. The number of aliphatic carboxylic acids is 1. The van der Waals surface area contributed by atoms with Crippen LogP contribution < -0.4 is 10.6 Å². The predicted octanol–water partition coefficient (Wildman–Crippen LogP) is -3.90. The molecule has 1 atom stereocenters. The highest BCUT2D eigenvalue weighted by Gasteiger charge is 2.35. The lowest BCUT2D eigenvalue weighted by Gasteiger charge is -2.28. The second-order valence-electron chi connectivity index (χ2n) is 22.5. The molecule has 0 saturated carbocycles. The molecular weight excluding hydrogens is 1240 g/mol. The van der Waals surface area contributed by atoms with Crippen LogP contribution in [0.5, 0.6) is 0 Å². The molecule has 0 unspecified atom stereocenters. The number of carboxylic acid groups (broad SMARTS) is 1. The summed E-state index contributed by atoms with van der Waals surface area (Å²) in [6.07, 6.45) is -1.98. The van der Waals surface area contributed by atoms with E-state index in [4.69, 9.17) is 24.2 Å². The zero-order valence-electron chi connectivity index (χ0n) is 54.4. The smallest absolute Gasteiger partial charge is 0.407 e. The highest BCUT2D eigenvalue weighted by molar-refractivity contribution is 6.02. The molecule has 1 heterocycles. The van der Waals surface area contributed by atoms with Crippen molar-refractivity contribution in [1.82, 2.24) is 64.7 Å². The Morgan fingerprint density at radius 2 is 0.840 bits per heavy atom. The number of fused-ring (bicyclic) bond motifs is 3. The Kier molecular flexibility index (Phi) is 29.9. The first-order valence-electron chi connectivity index (χ1n) is 29.5. The lowest BCUT2D eigenvalue weighted by atomic mass is 9.98. The van der Waals surface area contributed by atoms with E-state index in [9.17, 15) is 76.7 Å². The van der Waals surface area contributed by atoms with Crippen LogP contribution in [0.3, 0.4) is 0 Å². The van der Waals surface area contributed by atoms with E-state index in [1.165, 1.54) is 70.5 Å². The van der Waals surface area contributed by atoms with Crippen LogP contribution in [-0.4, -0.2) is 336 Å². The number of rotatable bonds is 36. The highest BCUT2D eigenvalue weighted by Crippen LogP contribution is 2.44. The molecular formula is C60H83N13O21. The minimum Gasteiger partial charge on any atom is -0.480 e. The van der Waals surface area contributed by atoms with Crippen molar-refractivity contribution in [2.75, 3.05) is 176 Å². The van der Waals surface area contributed by atoms with Crippen LogP contribution in [0.4, 0.5) is 4.79 Å². The Morgan fingerprint density at radius 3 is 1.22 bits per heavy atom. The number of hydrogen-bond donors (Lipinski definition) is 3. The molecule has 1 aliphatic carbocycles. The number of nitrogens with one attached hydrogen (secondary N) is 2. The summed E-state index contributed by atoms with van der Waals surface area (Å²) in [5.41, 5.74) is 4.32. The number of benzene rings is 2. The fraction of sp³-hybridized carbons (Fsp3) is 0.533. The van der Waals surface area contributed by atoms with Gasteiger partial charge in [-0.1, -0.05) is 48.5 Å². The van der Waals surface area contributed by atoms with Crippen molar-refractivity contribution in [2.45, 2.75) is 37.6 Å². The Morgan fingerprint density at radius 1 is 0.489 bits per heavy atom. The Labute approximate surface area is 542 Å². The highest BCUT2D eigenvalue weighted by atomic mass is 16.7. The molecule has 34 nitrogen and oxygen atoms in total. The van der Waals surface area contributed by atoms with Gasteiger partial charge in [0.25, 0.3) is 11.8 Å². The molecule has 94 heavy (non-hydrogen) atoms. The van der Waals surface area contributed by atoms with E-state index in [0.29, 0.717) is 5.06 Å². The van der Waals surface area contributed by atoms with E-state index in [-0.39, 0.29) is 51.7 Å². The molecule has 0 aromatic heterocycles. The van der Waals surface area contributed by atoms with Crippen LogP contribution in [0, 0.1) is 0 Å². The van der Waals surface area contributed by atoms with Crippen LogP contribution in [0.2, 0.25) is 0 Å². The van der Waals surface area contributed by atoms with Crippen LogP contribution in [-0.2, 0) is 91.0 Å². The number of alkyl carbamates (subject to hydrolysis) is 1. The van der Waals surface area contributed by atoms with Gasteiger partial charge in [0, 0.05) is 95.8 Å². The number of ether oxygens (including phenoxy) is 3. The van der Waals surface area contributed by atoms with Crippen LogP contribution in [0.15, 0.2) is 48.5 Å². The van der Waals surface area contributed by atoms with Gasteiger partial charge in [-0.2, -0.15) is 0 Å². The average Bonchev–Trinajstić information content (AvgIpc) is 1.62. The molecule has 514 valence electrons. The predicted molar refractivity (Wildman–Crippen MR) is 327 cm³/mol. The average molecular weight is 1320 g/mol. The Bertz CT molecular complexity index is 3100. The summed E-state index contributed by atoms with van der Waals surface area (Å²) in [6.45, 7) is -5.74. The lowest BCUT2D eigenvalue weighted by Crippen LogP contribution is -2.51. The normalized spacial score (nSPS) is 12.4. The van der Waals surface area contributed by atoms with Crippen molar-refractivity contribution in [3.05, 3.63) is 59.7 Å². The monoisotopic (exact) mass is 1320 g/mol.